The van der Waals surface area contributed by atoms with Crippen LogP contribution in [0.2, 0.25) is 5.02 Å². The number of halogens is 1. The Morgan fingerprint density at radius 2 is 2.26 bits per heavy atom. The summed E-state index contributed by atoms with van der Waals surface area (Å²) >= 11 is 7.60. The van der Waals surface area contributed by atoms with E-state index in [0.717, 1.165) is 10.8 Å². The fraction of sp³-hybridized carbons (Fsp3) is 0.312. The lowest BCUT2D eigenvalue weighted by Crippen LogP contribution is -2.22. The first-order valence-electron chi connectivity index (χ1n) is 7.44. The van der Waals surface area contributed by atoms with Crippen LogP contribution in [0.1, 0.15) is 18.5 Å². The summed E-state index contributed by atoms with van der Waals surface area (Å²) in [6, 6.07) is 5.78. The zero-order chi connectivity index (χ0) is 16.0. The van der Waals surface area contributed by atoms with Gasteiger partial charge in [-0.2, -0.15) is 0 Å². The monoisotopic (exact) mass is 346 g/mol. The normalized spacial score (nSPS) is 14.3. The van der Waals surface area contributed by atoms with E-state index in [-0.39, 0.29) is 5.56 Å². The van der Waals surface area contributed by atoms with Crippen LogP contribution in [0.3, 0.4) is 0 Å². The van der Waals surface area contributed by atoms with Crippen molar-refractivity contribution in [2.45, 2.75) is 25.4 Å². The van der Waals surface area contributed by atoms with Gasteiger partial charge in [0.1, 0.15) is 0 Å². The molecule has 0 unspecified atom stereocenters. The standard InChI is InChI=1S/C16H15ClN4OS/c1-20(12-3-4-12)16-19-11(8-23-16)7-21-9-18-14-5-2-10(17)6-13(14)15(21)22/h2,5-6,8-9,12H,3-4,7H2,1H3. The highest BCUT2D eigenvalue weighted by Gasteiger charge is 2.28. The van der Waals surface area contributed by atoms with Gasteiger partial charge in [-0.15, -0.1) is 11.3 Å². The molecule has 5 nitrogen and oxygen atoms in total. The lowest BCUT2D eigenvalue weighted by molar-refractivity contribution is 0.732. The highest BCUT2D eigenvalue weighted by Crippen LogP contribution is 2.31. The van der Waals surface area contributed by atoms with Crippen LogP contribution in [0.5, 0.6) is 0 Å². The molecule has 0 N–H and O–H groups in total. The Kier molecular flexibility index (Phi) is 3.58. The van der Waals surface area contributed by atoms with Gasteiger partial charge in [-0.25, -0.2) is 9.97 Å². The molecule has 1 aromatic carbocycles. The summed E-state index contributed by atoms with van der Waals surface area (Å²) in [6.45, 7) is 0.420. The highest BCUT2D eigenvalue weighted by molar-refractivity contribution is 7.13. The fourth-order valence-electron chi connectivity index (χ4n) is 2.57. The minimum atomic E-state index is -0.0948. The lowest BCUT2D eigenvalue weighted by atomic mass is 10.2. The van der Waals surface area contributed by atoms with Crippen molar-refractivity contribution in [1.82, 2.24) is 14.5 Å². The van der Waals surface area contributed by atoms with Gasteiger partial charge in [0.15, 0.2) is 5.13 Å². The molecule has 2 heterocycles. The van der Waals surface area contributed by atoms with E-state index in [4.69, 9.17) is 11.6 Å². The third-order valence-electron chi connectivity index (χ3n) is 4.05. The molecule has 7 heteroatoms. The Morgan fingerprint density at radius 3 is 3.04 bits per heavy atom. The summed E-state index contributed by atoms with van der Waals surface area (Å²) in [5.74, 6) is 0. The van der Waals surface area contributed by atoms with Crippen LogP contribution < -0.4 is 10.5 Å². The average molecular weight is 347 g/mol. The van der Waals surface area contributed by atoms with Gasteiger partial charge in [-0.05, 0) is 31.0 Å². The van der Waals surface area contributed by atoms with Crippen LogP contribution in [0.15, 0.2) is 34.7 Å². The Bertz CT molecular complexity index is 931. The van der Waals surface area contributed by atoms with E-state index >= 15 is 0 Å². The van der Waals surface area contributed by atoms with Crippen LogP contribution in [-0.4, -0.2) is 27.6 Å². The first-order chi connectivity index (χ1) is 11.1. The maximum atomic E-state index is 12.6. The molecule has 0 amide bonds. The molecule has 1 aliphatic rings. The van der Waals surface area contributed by atoms with E-state index in [0.29, 0.717) is 28.5 Å². The fourth-order valence-corrected chi connectivity index (χ4v) is 3.59. The van der Waals surface area contributed by atoms with Crippen LogP contribution in [-0.2, 0) is 6.54 Å². The summed E-state index contributed by atoms with van der Waals surface area (Å²) < 4.78 is 1.58. The molecular weight excluding hydrogens is 332 g/mol. The van der Waals surface area contributed by atoms with Gasteiger partial charge < -0.3 is 4.90 Å². The number of thiazole rings is 1. The SMILES string of the molecule is CN(c1nc(Cn2cnc3ccc(Cl)cc3c2=O)cs1)C1CC1. The Labute approximate surface area is 142 Å². The maximum absolute atomic E-state index is 12.6. The molecular formula is C16H15ClN4OS. The molecule has 1 saturated carbocycles. The minimum Gasteiger partial charge on any atom is -0.348 e. The van der Waals surface area contributed by atoms with Crippen molar-refractivity contribution in [3.63, 3.8) is 0 Å². The number of benzene rings is 1. The average Bonchev–Trinajstić information content (AvgIpc) is 3.29. The third-order valence-corrected chi connectivity index (χ3v) is 5.27. The zero-order valence-corrected chi connectivity index (χ0v) is 14.1. The van der Waals surface area contributed by atoms with Gasteiger partial charge in [-0.3, -0.25) is 9.36 Å². The molecule has 118 valence electrons. The lowest BCUT2D eigenvalue weighted by Gasteiger charge is -2.13. The van der Waals surface area contributed by atoms with E-state index in [1.165, 1.54) is 12.8 Å². The molecule has 0 bridgehead atoms. The number of fused-ring (bicyclic) bond motifs is 1. The number of nitrogens with zero attached hydrogens (tertiary/aromatic N) is 4. The van der Waals surface area contributed by atoms with Crippen molar-refractivity contribution in [3.05, 3.63) is 51.0 Å². The Balaban J connectivity index is 1.65. The van der Waals surface area contributed by atoms with Crippen molar-refractivity contribution in [3.8, 4) is 0 Å². The number of hydrogen-bond acceptors (Lipinski definition) is 5. The second kappa shape index (κ2) is 5.62. The molecule has 1 fully saturated rings. The van der Waals surface area contributed by atoms with Crippen molar-refractivity contribution >= 4 is 39.0 Å². The predicted molar refractivity (Wildman–Crippen MR) is 93.7 cm³/mol. The quantitative estimate of drug-likeness (QED) is 0.728. The van der Waals surface area contributed by atoms with Crippen molar-refractivity contribution in [2.24, 2.45) is 0 Å². The van der Waals surface area contributed by atoms with E-state index < -0.39 is 0 Å². The molecule has 23 heavy (non-hydrogen) atoms. The van der Waals surface area contributed by atoms with Crippen molar-refractivity contribution in [2.75, 3.05) is 11.9 Å². The number of hydrogen-bond donors (Lipinski definition) is 0. The van der Waals surface area contributed by atoms with Gasteiger partial charge in [-0.1, -0.05) is 11.6 Å². The maximum Gasteiger partial charge on any atom is 0.261 e. The molecule has 0 saturated heterocycles. The second-order valence-corrected chi connectivity index (χ2v) is 7.08. The van der Waals surface area contributed by atoms with Crippen LogP contribution in [0, 0.1) is 0 Å². The Morgan fingerprint density at radius 1 is 1.43 bits per heavy atom. The first-order valence-corrected chi connectivity index (χ1v) is 8.69. The van der Waals surface area contributed by atoms with E-state index in [1.54, 1.807) is 40.4 Å². The molecule has 1 aliphatic carbocycles. The summed E-state index contributed by atoms with van der Waals surface area (Å²) in [7, 11) is 2.08. The molecule has 3 aromatic rings. The second-order valence-electron chi connectivity index (χ2n) is 5.80. The van der Waals surface area contributed by atoms with Gasteiger partial charge in [0.25, 0.3) is 5.56 Å². The summed E-state index contributed by atoms with van der Waals surface area (Å²) in [4.78, 5) is 23.8. The van der Waals surface area contributed by atoms with Crippen LogP contribution in [0.25, 0.3) is 10.9 Å². The zero-order valence-electron chi connectivity index (χ0n) is 12.6. The van der Waals surface area contributed by atoms with E-state index in [1.807, 2.05) is 5.38 Å². The first kappa shape index (κ1) is 14.7. The summed E-state index contributed by atoms with van der Waals surface area (Å²) in [6.07, 6.45) is 4.04. The molecule has 0 atom stereocenters. The molecule has 4 rings (SSSR count). The number of rotatable bonds is 4. The molecule has 0 aliphatic heterocycles. The molecule has 2 aromatic heterocycles. The van der Waals surface area contributed by atoms with Crippen molar-refractivity contribution < 1.29 is 0 Å². The van der Waals surface area contributed by atoms with Crippen LogP contribution in [0.4, 0.5) is 5.13 Å². The largest absolute Gasteiger partial charge is 0.348 e. The van der Waals surface area contributed by atoms with Crippen LogP contribution >= 0.6 is 22.9 Å². The minimum absolute atomic E-state index is 0.0948. The van der Waals surface area contributed by atoms with Gasteiger partial charge in [0.05, 0.1) is 29.5 Å². The highest BCUT2D eigenvalue weighted by atomic mass is 35.5. The smallest absolute Gasteiger partial charge is 0.261 e. The van der Waals surface area contributed by atoms with Crippen molar-refractivity contribution in [1.29, 1.82) is 0 Å². The van der Waals surface area contributed by atoms with E-state index in [2.05, 4.69) is 21.9 Å². The summed E-state index contributed by atoms with van der Waals surface area (Å²) in [5, 5.41) is 4.08. The van der Waals surface area contributed by atoms with Gasteiger partial charge >= 0.3 is 0 Å². The number of anilines is 1. The molecule has 0 radical (unpaired) electrons. The van der Waals surface area contributed by atoms with Gasteiger partial charge in [0.2, 0.25) is 0 Å². The topological polar surface area (TPSA) is 51.0 Å². The van der Waals surface area contributed by atoms with Gasteiger partial charge in [0, 0.05) is 23.5 Å². The summed E-state index contributed by atoms with van der Waals surface area (Å²) in [5.41, 5.74) is 1.44. The molecule has 0 spiro atoms. The van der Waals surface area contributed by atoms with E-state index in [9.17, 15) is 4.79 Å². The number of aromatic nitrogens is 3. The predicted octanol–water partition coefficient (Wildman–Crippen LogP) is 3.15. The third kappa shape index (κ3) is 2.84. The Hall–Kier alpha value is -1.92.